The summed E-state index contributed by atoms with van der Waals surface area (Å²) in [7, 11) is 0. The molecule has 1 aliphatic rings. The Balaban J connectivity index is 2.53. The number of hydrogen-bond donors (Lipinski definition) is 1. The molecule has 1 saturated carbocycles. The van der Waals surface area contributed by atoms with Crippen molar-refractivity contribution in [2.45, 2.75) is 65.7 Å². The van der Waals surface area contributed by atoms with Gasteiger partial charge in [-0.05, 0) is 37.5 Å². The van der Waals surface area contributed by atoms with Crippen LogP contribution in [-0.2, 0) is 4.79 Å². The molecule has 0 aromatic heterocycles. The highest BCUT2D eigenvalue weighted by molar-refractivity contribution is 9.09. The van der Waals surface area contributed by atoms with Crippen LogP contribution in [0.25, 0.3) is 0 Å². The van der Waals surface area contributed by atoms with Gasteiger partial charge in [-0.3, -0.25) is 4.79 Å². The van der Waals surface area contributed by atoms with Gasteiger partial charge in [0.1, 0.15) is 0 Å². The second-order valence-corrected chi connectivity index (χ2v) is 7.34. The van der Waals surface area contributed by atoms with Gasteiger partial charge in [0.15, 0.2) is 0 Å². The SMILES string of the molecule is CCC(CCBr)CNC(=O)C1(CC(C)C)CCCC1. The van der Waals surface area contributed by atoms with Gasteiger partial charge in [-0.25, -0.2) is 0 Å². The first kappa shape index (κ1) is 17.0. The van der Waals surface area contributed by atoms with Crippen LogP contribution in [0, 0.1) is 17.3 Å². The Morgan fingerprint density at radius 3 is 2.42 bits per heavy atom. The van der Waals surface area contributed by atoms with E-state index >= 15 is 0 Å². The van der Waals surface area contributed by atoms with Crippen LogP contribution in [0.4, 0.5) is 0 Å². The quantitative estimate of drug-likeness (QED) is 0.651. The molecule has 0 aromatic rings. The lowest BCUT2D eigenvalue weighted by Crippen LogP contribution is -2.42. The molecule has 0 bridgehead atoms. The Labute approximate surface area is 127 Å². The molecule has 1 amide bonds. The number of carbonyl (C=O) groups is 1. The molecule has 19 heavy (non-hydrogen) atoms. The predicted octanol–water partition coefficient (Wildman–Crippen LogP) is 4.52. The van der Waals surface area contributed by atoms with E-state index in [-0.39, 0.29) is 5.41 Å². The Hall–Kier alpha value is -0.0500. The number of amides is 1. The second kappa shape index (κ2) is 8.28. The number of nitrogens with one attached hydrogen (secondary N) is 1. The molecular weight excluding hydrogens is 302 g/mol. The smallest absolute Gasteiger partial charge is 0.226 e. The summed E-state index contributed by atoms with van der Waals surface area (Å²) in [4.78, 5) is 12.6. The van der Waals surface area contributed by atoms with Crippen LogP contribution in [0.5, 0.6) is 0 Å². The second-order valence-electron chi connectivity index (χ2n) is 6.55. The van der Waals surface area contributed by atoms with Crippen molar-refractivity contribution < 1.29 is 4.79 Å². The molecule has 1 atom stereocenters. The standard InChI is InChI=1S/C16H30BrNO/c1-4-14(7-10-17)12-18-15(19)16(11-13(2)3)8-5-6-9-16/h13-14H,4-12H2,1-3H3,(H,18,19). The molecule has 0 radical (unpaired) electrons. The van der Waals surface area contributed by atoms with Crippen molar-refractivity contribution in [1.82, 2.24) is 5.32 Å². The van der Waals surface area contributed by atoms with Crippen LogP contribution in [-0.4, -0.2) is 17.8 Å². The molecular formula is C16H30BrNO. The van der Waals surface area contributed by atoms with E-state index in [0.29, 0.717) is 17.7 Å². The first-order chi connectivity index (χ1) is 9.04. The topological polar surface area (TPSA) is 29.1 Å². The van der Waals surface area contributed by atoms with Crippen LogP contribution >= 0.6 is 15.9 Å². The third-order valence-electron chi connectivity index (χ3n) is 4.49. The number of alkyl halides is 1. The summed E-state index contributed by atoms with van der Waals surface area (Å²) in [6.07, 6.45) is 7.96. The molecule has 0 heterocycles. The van der Waals surface area contributed by atoms with E-state index in [1.165, 1.54) is 12.8 Å². The van der Waals surface area contributed by atoms with Gasteiger partial charge in [0.25, 0.3) is 0 Å². The van der Waals surface area contributed by atoms with Crippen LogP contribution in [0.3, 0.4) is 0 Å². The van der Waals surface area contributed by atoms with E-state index in [2.05, 4.69) is 42.0 Å². The lowest BCUT2D eigenvalue weighted by Gasteiger charge is -2.30. The van der Waals surface area contributed by atoms with Crippen molar-refractivity contribution >= 4 is 21.8 Å². The predicted molar refractivity (Wildman–Crippen MR) is 85.6 cm³/mol. The molecule has 0 spiro atoms. The third-order valence-corrected chi connectivity index (χ3v) is 4.95. The van der Waals surface area contributed by atoms with Crippen LogP contribution in [0.2, 0.25) is 0 Å². The Morgan fingerprint density at radius 1 is 1.32 bits per heavy atom. The van der Waals surface area contributed by atoms with E-state index in [1.807, 2.05) is 0 Å². The molecule has 1 fully saturated rings. The highest BCUT2D eigenvalue weighted by Gasteiger charge is 2.41. The summed E-state index contributed by atoms with van der Waals surface area (Å²) in [5.41, 5.74) is -0.0547. The maximum atomic E-state index is 12.6. The monoisotopic (exact) mass is 331 g/mol. The van der Waals surface area contributed by atoms with Crippen molar-refractivity contribution in [1.29, 1.82) is 0 Å². The number of hydrogen-bond acceptors (Lipinski definition) is 1. The van der Waals surface area contributed by atoms with Gasteiger partial charge in [0.05, 0.1) is 0 Å². The fourth-order valence-corrected chi connectivity index (χ4v) is 4.03. The Bertz CT molecular complexity index is 272. The Kier molecular flexibility index (Phi) is 7.41. The number of halogens is 1. The molecule has 2 nitrogen and oxygen atoms in total. The van der Waals surface area contributed by atoms with Gasteiger partial charge >= 0.3 is 0 Å². The van der Waals surface area contributed by atoms with Gasteiger partial charge in [-0.2, -0.15) is 0 Å². The molecule has 1 N–H and O–H groups in total. The first-order valence-corrected chi connectivity index (χ1v) is 9.00. The largest absolute Gasteiger partial charge is 0.355 e. The van der Waals surface area contributed by atoms with E-state index in [1.54, 1.807) is 0 Å². The number of carbonyl (C=O) groups excluding carboxylic acids is 1. The normalized spacial score (nSPS) is 19.6. The minimum atomic E-state index is -0.0547. The van der Waals surface area contributed by atoms with Gasteiger partial charge in [0.2, 0.25) is 5.91 Å². The highest BCUT2D eigenvalue weighted by Crippen LogP contribution is 2.43. The average molecular weight is 332 g/mol. The first-order valence-electron chi connectivity index (χ1n) is 7.88. The van der Waals surface area contributed by atoms with E-state index in [4.69, 9.17) is 0 Å². The van der Waals surface area contributed by atoms with Gasteiger partial charge in [-0.1, -0.05) is 56.0 Å². The van der Waals surface area contributed by atoms with Crippen LogP contribution in [0.1, 0.15) is 65.7 Å². The highest BCUT2D eigenvalue weighted by atomic mass is 79.9. The molecule has 1 aliphatic carbocycles. The molecule has 1 unspecified atom stereocenters. The fourth-order valence-electron chi connectivity index (χ4n) is 3.39. The maximum absolute atomic E-state index is 12.6. The Morgan fingerprint density at radius 2 is 1.95 bits per heavy atom. The summed E-state index contributed by atoms with van der Waals surface area (Å²) in [5.74, 6) is 1.54. The van der Waals surface area contributed by atoms with Gasteiger partial charge in [0, 0.05) is 17.3 Å². The molecule has 3 heteroatoms. The lowest BCUT2D eigenvalue weighted by molar-refractivity contribution is -0.132. The zero-order chi connectivity index (χ0) is 14.3. The molecule has 1 rings (SSSR count). The van der Waals surface area contributed by atoms with Crippen LogP contribution in [0.15, 0.2) is 0 Å². The molecule has 0 aromatic carbocycles. The van der Waals surface area contributed by atoms with Crippen molar-refractivity contribution in [3.8, 4) is 0 Å². The summed E-state index contributed by atoms with van der Waals surface area (Å²) < 4.78 is 0. The third kappa shape index (κ3) is 5.09. The van der Waals surface area contributed by atoms with Crippen molar-refractivity contribution in [2.75, 3.05) is 11.9 Å². The summed E-state index contributed by atoms with van der Waals surface area (Å²) in [6.45, 7) is 7.51. The van der Waals surface area contributed by atoms with E-state index in [9.17, 15) is 4.79 Å². The minimum absolute atomic E-state index is 0.0547. The molecule has 112 valence electrons. The number of rotatable bonds is 8. The maximum Gasteiger partial charge on any atom is 0.226 e. The van der Waals surface area contributed by atoms with E-state index in [0.717, 1.165) is 44.0 Å². The molecule has 0 saturated heterocycles. The zero-order valence-corrected chi connectivity index (χ0v) is 14.4. The minimum Gasteiger partial charge on any atom is -0.355 e. The van der Waals surface area contributed by atoms with Crippen molar-refractivity contribution in [3.05, 3.63) is 0 Å². The lowest BCUT2D eigenvalue weighted by atomic mass is 9.77. The van der Waals surface area contributed by atoms with E-state index < -0.39 is 0 Å². The molecule has 0 aliphatic heterocycles. The zero-order valence-electron chi connectivity index (χ0n) is 12.8. The average Bonchev–Trinajstić information content (AvgIpc) is 2.82. The fraction of sp³-hybridized carbons (Fsp3) is 0.938. The van der Waals surface area contributed by atoms with Crippen molar-refractivity contribution in [2.24, 2.45) is 17.3 Å². The summed E-state index contributed by atoms with van der Waals surface area (Å²) in [6, 6.07) is 0. The van der Waals surface area contributed by atoms with Gasteiger partial charge < -0.3 is 5.32 Å². The van der Waals surface area contributed by atoms with Crippen LogP contribution < -0.4 is 5.32 Å². The summed E-state index contributed by atoms with van der Waals surface area (Å²) >= 11 is 3.49. The summed E-state index contributed by atoms with van der Waals surface area (Å²) in [5, 5.41) is 4.27. The van der Waals surface area contributed by atoms with Crippen molar-refractivity contribution in [3.63, 3.8) is 0 Å². The van der Waals surface area contributed by atoms with Gasteiger partial charge in [-0.15, -0.1) is 0 Å².